The van der Waals surface area contributed by atoms with Crippen molar-refractivity contribution in [3.8, 4) is 29.1 Å². The van der Waals surface area contributed by atoms with Crippen LogP contribution in [0.4, 0.5) is 0 Å². The van der Waals surface area contributed by atoms with E-state index >= 15 is 0 Å². The molecule has 37 heavy (non-hydrogen) atoms. The Morgan fingerprint density at radius 3 is 2.35 bits per heavy atom. The second-order valence-electron chi connectivity index (χ2n) is 8.36. The highest BCUT2D eigenvalue weighted by molar-refractivity contribution is 5.98. The number of methoxy groups -OCH3 is 3. The number of nitrogens with one attached hydrogen (secondary N) is 1. The summed E-state index contributed by atoms with van der Waals surface area (Å²) in [4.78, 5) is 13.3. The molecule has 5 rings (SSSR count). The Kier molecular flexibility index (Phi) is 6.40. The average molecular weight is 493 g/mol. The van der Waals surface area contributed by atoms with Gasteiger partial charge in [-0.2, -0.15) is 5.26 Å². The van der Waals surface area contributed by atoms with Crippen LogP contribution in [0.2, 0.25) is 0 Å². The molecule has 0 fully saturated rings. The third-order valence-corrected chi connectivity index (χ3v) is 6.40. The summed E-state index contributed by atoms with van der Waals surface area (Å²) in [5.41, 5.74) is 2.21. The highest BCUT2D eigenvalue weighted by atomic mass is 16.5. The van der Waals surface area contributed by atoms with E-state index in [4.69, 9.17) is 18.9 Å². The molecule has 0 aromatic heterocycles. The van der Waals surface area contributed by atoms with Crippen LogP contribution < -0.4 is 24.3 Å². The molecule has 1 heterocycles. The van der Waals surface area contributed by atoms with Crippen molar-refractivity contribution in [1.29, 1.82) is 5.26 Å². The van der Waals surface area contributed by atoms with E-state index in [1.165, 1.54) is 7.11 Å². The molecule has 0 saturated carbocycles. The molecule has 184 valence electrons. The van der Waals surface area contributed by atoms with Crippen LogP contribution in [0.25, 0.3) is 10.8 Å². The lowest BCUT2D eigenvalue weighted by Gasteiger charge is -2.29. The van der Waals surface area contributed by atoms with Gasteiger partial charge in [0.1, 0.15) is 23.1 Å². The standard InChI is InChI=1S/C30H24N2O5/c1-34-23-11-7-6-10-21(23)29(33)32-30-22(17-31)27(19-13-14-24(35-2)26(16-19)36-3)28-20-9-5-4-8-18(20)12-15-25(28)37-30/h4-16,27H,1-3H3,(H,32,33)/t27-/m0/s1. The van der Waals surface area contributed by atoms with Crippen LogP contribution in [0.3, 0.4) is 0 Å². The van der Waals surface area contributed by atoms with Gasteiger partial charge in [0, 0.05) is 5.56 Å². The molecule has 1 aliphatic heterocycles. The Morgan fingerprint density at radius 2 is 1.59 bits per heavy atom. The summed E-state index contributed by atoms with van der Waals surface area (Å²) in [6.07, 6.45) is 0. The van der Waals surface area contributed by atoms with E-state index in [0.29, 0.717) is 28.6 Å². The highest BCUT2D eigenvalue weighted by Gasteiger charge is 2.34. The van der Waals surface area contributed by atoms with E-state index < -0.39 is 11.8 Å². The van der Waals surface area contributed by atoms with Gasteiger partial charge in [0.05, 0.1) is 32.8 Å². The number of carbonyl (C=O) groups excluding carboxylic acids is 1. The Balaban J connectivity index is 1.70. The predicted octanol–water partition coefficient (Wildman–Crippen LogP) is 5.56. The van der Waals surface area contributed by atoms with Crippen molar-refractivity contribution >= 4 is 16.7 Å². The van der Waals surface area contributed by atoms with Crippen molar-refractivity contribution in [3.63, 3.8) is 0 Å². The van der Waals surface area contributed by atoms with Gasteiger partial charge in [0.2, 0.25) is 5.88 Å². The highest BCUT2D eigenvalue weighted by Crippen LogP contribution is 2.47. The molecule has 0 bridgehead atoms. The minimum atomic E-state index is -0.535. The molecule has 7 nitrogen and oxygen atoms in total. The Bertz CT molecular complexity index is 1580. The summed E-state index contributed by atoms with van der Waals surface area (Å²) in [7, 11) is 4.63. The number of para-hydroxylation sites is 1. The Hall–Kier alpha value is -4.96. The van der Waals surface area contributed by atoms with Crippen molar-refractivity contribution in [2.45, 2.75) is 5.92 Å². The van der Waals surface area contributed by atoms with Gasteiger partial charge in [-0.1, -0.05) is 48.5 Å². The zero-order valence-electron chi connectivity index (χ0n) is 20.6. The fraction of sp³-hybridized carbons (Fsp3) is 0.133. The maximum absolute atomic E-state index is 13.3. The van der Waals surface area contributed by atoms with Crippen LogP contribution in [0, 0.1) is 11.3 Å². The number of allylic oxidation sites excluding steroid dienone is 1. The largest absolute Gasteiger partial charge is 0.496 e. The van der Waals surface area contributed by atoms with Gasteiger partial charge in [-0.25, -0.2) is 0 Å². The Morgan fingerprint density at radius 1 is 0.865 bits per heavy atom. The van der Waals surface area contributed by atoms with Gasteiger partial charge < -0.3 is 18.9 Å². The first-order chi connectivity index (χ1) is 18.1. The Labute approximate surface area is 214 Å². The maximum Gasteiger partial charge on any atom is 0.261 e. The van der Waals surface area contributed by atoms with Crippen molar-refractivity contribution in [2.24, 2.45) is 0 Å². The van der Waals surface area contributed by atoms with Gasteiger partial charge >= 0.3 is 0 Å². The van der Waals surface area contributed by atoms with E-state index in [2.05, 4.69) is 11.4 Å². The van der Waals surface area contributed by atoms with Gasteiger partial charge in [-0.3, -0.25) is 10.1 Å². The molecule has 1 aliphatic rings. The van der Waals surface area contributed by atoms with E-state index in [0.717, 1.165) is 21.9 Å². The SMILES string of the molecule is COc1ccc([C@H]2C(C#N)=C(NC(=O)c3ccccc3OC)Oc3ccc4ccccc4c32)cc1OC. The number of nitrogens with zero attached hydrogens (tertiary/aromatic N) is 1. The third-order valence-electron chi connectivity index (χ3n) is 6.40. The van der Waals surface area contributed by atoms with Crippen LogP contribution in [-0.2, 0) is 0 Å². The minimum Gasteiger partial charge on any atom is -0.496 e. The third kappa shape index (κ3) is 4.19. The number of ether oxygens (including phenoxy) is 4. The zero-order valence-corrected chi connectivity index (χ0v) is 20.6. The van der Waals surface area contributed by atoms with E-state index in [9.17, 15) is 10.1 Å². The topological polar surface area (TPSA) is 89.8 Å². The predicted molar refractivity (Wildman–Crippen MR) is 139 cm³/mol. The first-order valence-electron chi connectivity index (χ1n) is 11.6. The monoisotopic (exact) mass is 492 g/mol. The first-order valence-corrected chi connectivity index (χ1v) is 11.6. The molecule has 0 saturated heterocycles. The van der Waals surface area contributed by atoms with Crippen LogP contribution in [0.1, 0.15) is 27.4 Å². The minimum absolute atomic E-state index is 0.0703. The second-order valence-corrected chi connectivity index (χ2v) is 8.36. The summed E-state index contributed by atoms with van der Waals surface area (Å²) in [5.74, 6) is 1.16. The molecule has 0 spiro atoms. The van der Waals surface area contributed by atoms with Gasteiger partial charge in [-0.15, -0.1) is 0 Å². The van der Waals surface area contributed by atoms with E-state index in [1.54, 1.807) is 44.6 Å². The molecule has 4 aromatic carbocycles. The number of nitriles is 1. The number of carbonyl (C=O) groups is 1. The number of fused-ring (bicyclic) bond motifs is 3. The molecule has 7 heteroatoms. The molecule has 4 aromatic rings. The fourth-order valence-electron chi connectivity index (χ4n) is 4.68. The number of benzene rings is 4. The second kappa shape index (κ2) is 9.96. The fourth-order valence-corrected chi connectivity index (χ4v) is 4.68. The lowest BCUT2D eigenvalue weighted by atomic mass is 9.81. The summed E-state index contributed by atoms with van der Waals surface area (Å²) in [6.45, 7) is 0. The number of amides is 1. The first kappa shape index (κ1) is 23.8. The molecule has 1 amide bonds. The summed E-state index contributed by atoms with van der Waals surface area (Å²) >= 11 is 0. The van der Waals surface area contributed by atoms with Crippen LogP contribution in [0.15, 0.2) is 90.3 Å². The summed E-state index contributed by atoms with van der Waals surface area (Å²) < 4.78 is 22.5. The quantitative estimate of drug-likeness (QED) is 0.379. The lowest BCUT2D eigenvalue weighted by Crippen LogP contribution is -2.31. The van der Waals surface area contributed by atoms with E-state index in [1.807, 2.05) is 48.5 Å². The van der Waals surface area contributed by atoms with Crippen LogP contribution in [-0.4, -0.2) is 27.2 Å². The smallest absolute Gasteiger partial charge is 0.261 e. The number of rotatable bonds is 6. The number of hydrogen-bond acceptors (Lipinski definition) is 6. The molecule has 1 N–H and O–H groups in total. The molecule has 0 unspecified atom stereocenters. The van der Waals surface area contributed by atoms with E-state index in [-0.39, 0.29) is 11.5 Å². The van der Waals surface area contributed by atoms with Crippen molar-refractivity contribution in [1.82, 2.24) is 5.32 Å². The van der Waals surface area contributed by atoms with Gasteiger partial charge in [0.25, 0.3) is 5.91 Å². The molecule has 0 aliphatic carbocycles. The number of hydrogen-bond donors (Lipinski definition) is 1. The maximum atomic E-state index is 13.3. The van der Waals surface area contributed by atoms with Crippen LogP contribution in [0.5, 0.6) is 23.0 Å². The zero-order chi connectivity index (χ0) is 25.9. The van der Waals surface area contributed by atoms with Crippen LogP contribution >= 0.6 is 0 Å². The summed E-state index contributed by atoms with van der Waals surface area (Å²) in [5, 5.41) is 15.1. The van der Waals surface area contributed by atoms with Gasteiger partial charge in [-0.05, 0) is 46.7 Å². The average Bonchev–Trinajstić information content (AvgIpc) is 2.95. The normalized spacial score (nSPS) is 14.3. The van der Waals surface area contributed by atoms with Gasteiger partial charge in [0.15, 0.2) is 11.5 Å². The molecular weight excluding hydrogens is 468 g/mol. The van der Waals surface area contributed by atoms with Crippen molar-refractivity contribution < 1.29 is 23.7 Å². The molecule has 0 radical (unpaired) electrons. The summed E-state index contributed by atoms with van der Waals surface area (Å²) in [6, 6.07) is 26.4. The lowest BCUT2D eigenvalue weighted by molar-refractivity contribution is 0.0944. The molecular formula is C30H24N2O5. The van der Waals surface area contributed by atoms with Crippen molar-refractivity contribution in [3.05, 3.63) is 107 Å². The molecule has 1 atom stereocenters. The van der Waals surface area contributed by atoms with Crippen molar-refractivity contribution in [2.75, 3.05) is 21.3 Å².